The van der Waals surface area contributed by atoms with Crippen molar-refractivity contribution in [2.75, 3.05) is 26.3 Å². The molecule has 0 aliphatic carbocycles. The molecule has 0 spiro atoms. The Balaban J connectivity index is 1.42. The average molecular weight is 479 g/mol. The molecule has 3 aromatic rings. The lowest BCUT2D eigenvalue weighted by atomic mass is 10.2. The monoisotopic (exact) mass is 478 g/mol. The van der Waals surface area contributed by atoms with E-state index in [9.17, 15) is 17.6 Å². The van der Waals surface area contributed by atoms with E-state index in [2.05, 4.69) is 10.3 Å². The number of aromatic nitrogens is 2. The van der Waals surface area contributed by atoms with Crippen LogP contribution in [0, 0.1) is 5.82 Å². The van der Waals surface area contributed by atoms with Gasteiger partial charge in [0, 0.05) is 31.5 Å². The van der Waals surface area contributed by atoms with Gasteiger partial charge >= 0.3 is 0 Å². The number of halogens is 2. The van der Waals surface area contributed by atoms with Crippen molar-refractivity contribution in [3.05, 3.63) is 77.1 Å². The molecule has 0 atom stereocenters. The Morgan fingerprint density at radius 1 is 1.16 bits per heavy atom. The molecule has 1 saturated heterocycles. The van der Waals surface area contributed by atoms with Gasteiger partial charge in [0.25, 0.3) is 5.91 Å². The summed E-state index contributed by atoms with van der Waals surface area (Å²) in [4.78, 5) is 16.7. The second-order valence-electron chi connectivity index (χ2n) is 7.11. The lowest BCUT2D eigenvalue weighted by Gasteiger charge is -2.26. The van der Waals surface area contributed by atoms with Crippen LogP contribution in [0.1, 0.15) is 16.1 Å². The third-order valence-corrected chi connectivity index (χ3v) is 7.20. The molecule has 1 aliphatic rings. The van der Waals surface area contributed by atoms with Crippen LogP contribution < -0.4 is 5.32 Å². The molecule has 168 valence electrons. The van der Waals surface area contributed by atoms with Gasteiger partial charge in [0.05, 0.1) is 23.1 Å². The summed E-state index contributed by atoms with van der Waals surface area (Å²) in [5.41, 5.74) is 1.49. The van der Waals surface area contributed by atoms with Gasteiger partial charge in [0.15, 0.2) is 0 Å². The lowest BCUT2D eigenvalue weighted by Crippen LogP contribution is -2.40. The van der Waals surface area contributed by atoms with Gasteiger partial charge in [-0.05, 0) is 42.0 Å². The zero-order chi connectivity index (χ0) is 22.7. The van der Waals surface area contributed by atoms with E-state index < -0.39 is 21.7 Å². The Bertz CT molecular complexity index is 1220. The van der Waals surface area contributed by atoms with Crippen molar-refractivity contribution < 1.29 is 22.3 Å². The fourth-order valence-electron chi connectivity index (χ4n) is 3.23. The summed E-state index contributed by atoms with van der Waals surface area (Å²) in [6.45, 7) is 1.58. The molecule has 1 aromatic heterocycles. The summed E-state index contributed by atoms with van der Waals surface area (Å²) < 4.78 is 46.9. The molecule has 2 heterocycles. The Hall–Kier alpha value is -2.79. The molecule has 1 N–H and O–H groups in total. The summed E-state index contributed by atoms with van der Waals surface area (Å²) in [6, 6.07) is 10.6. The largest absolute Gasteiger partial charge is 0.379 e. The van der Waals surface area contributed by atoms with Crippen LogP contribution in [0.3, 0.4) is 0 Å². The number of sulfonamides is 1. The van der Waals surface area contributed by atoms with Crippen LogP contribution in [0.15, 0.2) is 59.9 Å². The number of nitrogens with one attached hydrogen (secondary N) is 1. The van der Waals surface area contributed by atoms with Crippen LogP contribution in [0.4, 0.5) is 4.39 Å². The molecule has 11 heteroatoms. The molecule has 2 aromatic carbocycles. The number of imidazole rings is 1. The van der Waals surface area contributed by atoms with Crippen LogP contribution in [-0.2, 0) is 21.3 Å². The summed E-state index contributed by atoms with van der Waals surface area (Å²) >= 11 is 5.75. The number of carbonyl (C=O) groups is 1. The van der Waals surface area contributed by atoms with E-state index in [0.717, 1.165) is 0 Å². The van der Waals surface area contributed by atoms with E-state index in [4.69, 9.17) is 16.3 Å². The van der Waals surface area contributed by atoms with E-state index in [1.807, 2.05) is 0 Å². The van der Waals surface area contributed by atoms with E-state index in [0.29, 0.717) is 37.6 Å². The maximum Gasteiger partial charge on any atom is 0.271 e. The van der Waals surface area contributed by atoms with E-state index in [-0.39, 0.29) is 22.2 Å². The van der Waals surface area contributed by atoms with Crippen molar-refractivity contribution in [2.24, 2.45) is 0 Å². The van der Waals surface area contributed by atoms with Crippen LogP contribution in [0.25, 0.3) is 5.69 Å². The minimum absolute atomic E-state index is 0.0138. The molecular weight excluding hydrogens is 459 g/mol. The fraction of sp³-hybridized carbons (Fsp3) is 0.238. The average Bonchev–Trinajstić information content (AvgIpc) is 3.31. The Labute approximate surface area is 189 Å². The number of hydrogen-bond donors (Lipinski definition) is 1. The van der Waals surface area contributed by atoms with Crippen molar-refractivity contribution in [3.63, 3.8) is 0 Å². The van der Waals surface area contributed by atoms with Gasteiger partial charge in [-0.2, -0.15) is 4.31 Å². The molecule has 0 saturated carbocycles. The molecule has 1 fully saturated rings. The molecule has 0 bridgehead atoms. The zero-order valence-corrected chi connectivity index (χ0v) is 18.4. The maximum absolute atomic E-state index is 13.2. The number of nitrogens with zero attached hydrogens (tertiary/aromatic N) is 3. The predicted molar refractivity (Wildman–Crippen MR) is 116 cm³/mol. The molecule has 1 amide bonds. The smallest absolute Gasteiger partial charge is 0.271 e. The zero-order valence-electron chi connectivity index (χ0n) is 16.9. The normalized spacial score (nSPS) is 14.9. The standard InChI is InChI=1S/C21H20ClFN4O4S/c22-18-11-15(1-6-19(18)23)12-24-21(28)20-13-26(14-25-20)16-2-4-17(5-3-16)32(29,30)27-7-9-31-10-8-27/h1-6,11,13-14H,7-10,12H2,(H,24,28). The van der Waals surface area contributed by atoms with E-state index in [1.165, 1.54) is 41.0 Å². The van der Waals surface area contributed by atoms with Gasteiger partial charge < -0.3 is 14.6 Å². The van der Waals surface area contributed by atoms with Crippen LogP contribution in [-0.4, -0.2) is 54.5 Å². The summed E-state index contributed by atoms with van der Waals surface area (Å²) in [5.74, 6) is -0.931. The van der Waals surface area contributed by atoms with Gasteiger partial charge in [-0.25, -0.2) is 17.8 Å². The quantitative estimate of drug-likeness (QED) is 0.588. The Morgan fingerprint density at radius 2 is 1.88 bits per heavy atom. The van der Waals surface area contributed by atoms with Crippen molar-refractivity contribution >= 4 is 27.5 Å². The fourth-order valence-corrected chi connectivity index (χ4v) is 4.84. The minimum atomic E-state index is -3.58. The van der Waals surface area contributed by atoms with Gasteiger partial charge in [-0.15, -0.1) is 0 Å². The van der Waals surface area contributed by atoms with Crippen molar-refractivity contribution in [3.8, 4) is 5.69 Å². The van der Waals surface area contributed by atoms with Crippen molar-refractivity contribution in [1.29, 1.82) is 0 Å². The number of ether oxygens (including phenoxy) is 1. The first-order valence-corrected chi connectivity index (χ1v) is 11.6. The number of amides is 1. The first-order valence-electron chi connectivity index (χ1n) is 9.79. The number of rotatable bonds is 6. The van der Waals surface area contributed by atoms with Crippen molar-refractivity contribution in [2.45, 2.75) is 11.4 Å². The van der Waals surface area contributed by atoms with Gasteiger partial charge in [-0.1, -0.05) is 17.7 Å². The highest BCUT2D eigenvalue weighted by atomic mass is 35.5. The van der Waals surface area contributed by atoms with E-state index >= 15 is 0 Å². The van der Waals surface area contributed by atoms with Crippen molar-refractivity contribution in [1.82, 2.24) is 19.2 Å². The molecule has 8 nitrogen and oxygen atoms in total. The lowest BCUT2D eigenvalue weighted by molar-refractivity contribution is 0.0730. The highest BCUT2D eigenvalue weighted by Crippen LogP contribution is 2.20. The van der Waals surface area contributed by atoms with E-state index in [1.54, 1.807) is 22.9 Å². The second kappa shape index (κ2) is 9.37. The number of morpholine rings is 1. The highest BCUT2D eigenvalue weighted by Gasteiger charge is 2.26. The summed E-state index contributed by atoms with van der Waals surface area (Å²) in [6.07, 6.45) is 3.01. The number of benzene rings is 2. The number of hydrogen-bond acceptors (Lipinski definition) is 5. The third kappa shape index (κ3) is 4.83. The molecular formula is C21H20ClFN4O4S. The SMILES string of the molecule is O=C(NCc1ccc(F)c(Cl)c1)c1cn(-c2ccc(S(=O)(=O)N3CCOCC3)cc2)cn1. The topological polar surface area (TPSA) is 93.5 Å². The first kappa shape index (κ1) is 22.4. The van der Waals surface area contributed by atoms with Crippen LogP contribution >= 0.6 is 11.6 Å². The molecule has 32 heavy (non-hydrogen) atoms. The molecule has 4 rings (SSSR count). The molecule has 0 unspecified atom stereocenters. The number of carbonyl (C=O) groups excluding carboxylic acids is 1. The Kier molecular flexibility index (Phi) is 6.56. The second-order valence-corrected chi connectivity index (χ2v) is 9.45. The van der Waals surface area contributed by atoms with Gasteiger partial charge in [-0.3, -0.25) is 4.79 Å². The molecule has 1 aliphatic heterocycles. The van der Waals surface area contributed by atoms with Crippen LogP contribution in [0.5, 0.6) is 0 Å². The third-order valence-electron chi connectivity index (χ3n) is 5.00. The van der Waals surface area contributed by atoms with Gasteiger partial charge in [0.1, 0.15) is 17.8 Å². The van der Waals surface area contributed by atoms with Crippen LogP contribution in [0.2, 0.25) is 5.02 Å². The minimum Gasteiger partial charge on any atom is -0.379 e. The summed E-state index contributed by atoms with van der Waals surface area (Å²) in [7, 11) is -3.58. The predicted octanol–water partition coefficient (Wildman–Crippen LogP) is 2.62. The first-order chi connectivity index (χ1) is 15.3. The maximum atomic E-state index is 13.2. The highest BCUT2D eigenvalue weighted by molar-refractivity contribution is 7.89. The van der Waals surface area contributed by atoms with Gasteiger partial charge in [0.2, 0.25) is 10.0 Å². The molecule has 0 radical (unpaired) electrons. The Morgan fingerprint density at radius 3 is 2.56 bits per heavy atom. The summed E-state index contributed by atoms with van der Waals surface area (Å²) in [5, 5.41) is 2.69.